The third kappa shape index (κ3) is 3.05. The molecule has 0 amide bonds. The van der Waals surface area contributed by atoms with E-state index in [-0.39, 0.29) is 6.04 Å². The predicted molar refractivity (Wildman–Crippen MR) is 81.1 cm³/mol. The minimum atomic E-state index is 0.142. The molecule has 4 nitrogen and oxygen atoms in total. The van der Waals surface area contributed by atoms with E-state index in [9.17, 15) is 0 Å². The average molecular weight is 330 g/mol. The molecule has 0 radical (unpaired) electrons. The molecule has 19 heavy (non-hydrogen) atoms. The highest BCUT2D eigenvalue weighted by Gasteiger charge is 2.41. The zero-order valence-electron chi connectivity index (χ0n) is 12.0. The number of rotatable bonds is 6. The largest absolute Gasteiger partial charge is 0.453 e. The van der Waals surface area contributed by atoms with Gasteiger partial charge in [0.15, 0.2) is 4.67 Å². The molecular weight excluding hydrogens is 306 g/mol. The lowest BCUT2D eigenvalue weighted by Crippen LogP contribution is -2.57. The monoisotopic (exact) mass is 329 g/mol. The number of nitrogens with zero attached hydrogens (tertiary/aromatic N) is 2. The summed E-state index contributed by atoms with van der Waals surface area (Å²) in [6.45, 7) is 1.60. The molecule has 2 N–H and O–H groups in total. The Morgan fingerprint density at radius 3 is 2.42 bits per heavy atom. The first kappa shape index (κ1) is 15.0. The fourth-order valence-corrected chi connectivity index (χ4v) is 3.25. The number of halogens is 1. The van der Waals surface area contributed by atoms with Crippen molar-refractivity contribution in [3.63, 3.8) is 0 Å². The molecule has 1 heterocycles. The molecule has 0 aromatic carbocycles. The number of hydrogen-bond acceptors (Lipinski definition) is 4. The van der Waals surface area contributed by atoms with Crippen molar-refractivity contribution >= 4 is 15.9 Å². The van der Waals surface area contributed by atoms with Crippen LogP contribution in [0.4, 0.5) is 0 Å². The molecule has 1 aromatic rings. The van der Waals surface area contributed by atoms with Crippen molar-refractivity contribution in [3.05, 3.63) is 22.6 Å². The summed E-state index contributed by atoms with van der Waals surface area (Å²) in [5.41, 5.74) is 6.25. The Morgan fingerprint density at radius 2 is 2.05 bits per heavy atom. The van der Waals surface area contributed by atoms with Crippen LogP contribution in [-0.4, -0.2) is 49.6 Å². The smallest absolute Gasteiger partial charge is 0.169 e. The Morgan fingerprint density at radius 1 is 1.37 bits per heavy atom. The summed E-state index contributed by atoms with van der Waals surface area (Å²) in [4.78, 5) is 4.68. The fourth-order valence-electron chi connectivity index (χ4n) is 2.93. The Bertz CT molecular complexity index is 415. The zero-order chi connectivity index (χ0) is 14.0. The third-order valence-electron chi connectivity index (χ3n) is 4.45. The number of likely N-dealkylation sites (N-methyl/N-ethyl adjacent to an activating group) is 2. The standard InChI is InChI=1S/C14H24BrN3O/c1-17(2)14(7-4-8-14)10-18(3)11(9-16)12-5-6-13(15)19-12/h5-6,11H,4,7-10,16H2,1-3H3. The van der Waals surface area contributed by atoms with Gasteiger partial charge in [0.05, 0.1) is 6.04 Å². The van der Waals surface area contributed by atoms with Crippen molar-refractivity contribution in [2.45, 2.75) is 30.8 Å². The van der Waals surface area contributed by atoms with Crippen LogP contribution in [0.2, 0.25) is 0 Å². The van der Waals surface area contributed by atoms with Crippen LogP contribution < -0.4 is 5.73 Å². The van der Waals surface area contributed by atoms with Gasteiger partial charge in [0, 0.05) is 18.6 Å². The summed E-state index contributed by atoms with van der Waals surface area (Å²) in [7, 11) is 6.49. The van der Waals surface area contributed by atoms with Crippen LogP contribution in [0.3, 0.4) is 0 Å². The number of furan rings is 1. The maximum atomic E-state index is 5.94. The van der Waals surface area contributed by atoms with Gasteiger partial charge >= 0.3 is 0 Å². The van der Waals surface area contributed by atoms with Crippen LogP contribution >= 0.6 is 15.9 Å². The molecule has 1 aliphatic rings. The van der Waals surface area contributed by atoms with Gasteiger partial charge < -0.3 is 15.1 Å². The van der Waals surface area contributed by atoms with E-state index in [2.05, 4.69) is 46.9 Å². The molecule has 1 unspecified atom stereocenters. The minimum Gasteiger partial charge on any atom is -0.453 e. The van der Waals surface area contributed by atoms with Gasteiger partial charge in [-0.1, -0.05) is 0 Å². The van der Waals surface area contributed by atoms with E-state index >= 15 is 0 Å². The van der Waals surface area contributed by atoms with Gasteiger partial charge in [-0.05, 0) is 68.5 Å². The molecule has 108 valence electrons. The second-order valence-corrected chi connectivity index (χ2v) is 6.56. The first-order valence-corrected chi connectivity index (χ1v) is 7.61. The molecule has 0 spiro atoms. The highest BCUT2D eigenvalue weighted by molar-refractivity contribution is 9.10. The van der Waals surface area contributed by atoms with Crippen LogP contribution in [0.1, 0.15) is 31.1 Å². The molecule has 2 rings (SSSR count). The van der Waals surface area contributed by atoms with E-state index in [1.807, 2.05) is 12.1 Å². The first-order valence-electron chi connectivity index (χ1n) is 6.81. The van der Waals surface area contributed by atoms with Gasteiger partial charge in [-0.2, -0.15) is 0 Å². The molecule has 1 atom stereocenters. The van der Waals surface area contributed by atoms with Crippen LogP contribution in [0, 0.1) is 0 Å². The molecule has 0 saturated heterocycles. The van der Waals surface area contributed by atoms with Crippen molar-refractivity contribution in [2.24, 2.45) is 5.73 Å². The Balaban J connectivity index is 2.07. The van der Waals surface area contributed by atoms with Crippen LogP contribution in [-0.2, 0) is 0 Å². The fraction of sp³-hybridized carbons (Fsp3) is 0.714. The molecule has 1 aromatic heterocycles. The number of hydrogen-bond donors (Lipinski definition) is 1. The summed E-state index contributed by atoms with van der Waals surface area (Å²) in [5.74, 6) is 0.935. The Hall–Kier alpha value is -0.360. The topological polar surface area (TPSA) is 45.6 Å². The lowest BCUT2D eigenvalue weighted by molar-refractivity contribution is 0.0141. The molecule has 1 aliphatic carbocycles. The van der Waals surface area contributed by atoms with Crippen LogP contribution in [0.25, 0.3) is 0 Å². The summed E-state index contributed by atoms with van der Waals surface area (Å²) in [5, 5.41) is 0. The van der Waals surface area contributed by atoms with E-state index in [1.54, 1.807) is 0 Å². The summed E-state index contributed by atoms with van der Waals surface area (Å²) in [6.07, 6.45) is 3.86. The van der Waals surface area contributed by atoms with Crippen molar-refractivity contribution in [1.82, 2.24) is 9.80 Å². The van der Waals surface area contributed by atoms with E-state index in [0.29, 0.717) is 12.1 Å². The Labute approximate surface area is 124 Å². The van der Waals surface area contributed by atoms with Gasteiger partial charge in [0.25, 0.3) is 0 Å². The second-order valence-electron chi connectivity index (χ2n) is 5.78. The summed E-state index contributed by atoms with van der Waals surface area (Å²) < 4.78 is 6.43. The lowest BCUT2D eigenvalue weighted by Gasteiger charge is -2.50. The van der Waals surface area contributed by atoms with Gasteiger partial charge in [0.2, 0.25) is 0 Å². The third-order valence-corrected chi connectivity index (χ3v) is 4.88. The first-order chi connectivity index (χ1) is 8.98. The molecule has 0 bridgehead atoms. The predicted octanol–water partition coefficient (Wildman–Crippen LogP) is 2.46. The van der Waals surface area contributed by atoms with Crippen LogP contribution in [0.15, 0.2) is 21.2 Å². The van der Waals surface area contributed by atoms with Crippen molar-refractivity contribution in [3.8, 4) is 0 Å². The second kappa shape index (κ2) is 5.95. The van der Waals surface area contributed by atoms with E-state index in [4.69, 9.17) is 10.2 Å². The molecule has 1 saturated carbocycles. The van der Waals surface area contributed by atoms with E-state index < -0.39 is 0 Å². The lowest BCUT2D eigenvalue weighted by atomic mass is 9.75. The number of nitrogens with two attached hydrogens (primary N) is 1. The molecule has 1 fully saturated rings. The van der Waals surface area contributed by atoms with Crippen LogP contribution in [0.5, 0.6) is 0 Å². The van der Waals surface area contributed by atoms with Gasteiger partial charge in [-0.15, -0.1) is 0 Å². The zero-order valence-corrected chi connectivity index (χ0v) is 13.6. The molecule has 5 heteroatoms. The summed E-state index contributed by atoms with van der Waals surface area (Å²) >= 11 is 3.35. The van der Waals surface area contributed by atoms with Gasteiger partial charge in [-0.3, -0.25) is 4.90 Å². The average Bonchev–Trinajstić information content (AvgIpc) is 2.70. The van der Waals surface area contributed by atoms with Gasteiger partial charge in [0.1, 0.15) is 5.76 Å². The summed E-state index contributed by atoms with van der Waals surface area (Å²) in [6, 6.07) is 4.07. The van der Waals surface area contributed by atoms with E-state index in [1.165, 1.54) is 19.3 Å². The highest BCUT2D eigenvalue weighted by atomic mass is 79.9. The Kier molecular flexibility index (Phi) is 4.71. The van der Waals surface area contributed by atoms with Gasteiger partial charge in [-0.25, -0.2) is 0 Å². The quantitative estimate of drug-likeness (QED) is 0.870. The minimum absolute atomic E-state index is 0.142. The maximum Gasteiger partial charge on any atom is 0.169 e. The SMILES string of the molecule is CN(CC1(N(C)C)CCC1)C(CN)c1ccc(Br)o1. The highest BCUT2D eigenvalue weighted by Crippen LogP contribution is 2.38. The molecular formula is C14H24BrN3O. The normalized spacial score (nSPS) is 19.7. The van der Waals surface area contributed by atoms with Crippen molar-refractivity contribution < 1.29 is 4.42 Å². The van der Waals surface area contributed by atoms with Crippen molar-refractivity contribution in [2.75, 3.05) is 34.2 Å². The maximum absolute atomic E-state index is 5.94. The molecule has 0 aliphatic heterocycles. The van der Waals surface area contributed by atoms with E-state index in [0.717, 1.165) is 17.0 Å². The van der Waals surface area contributed by atoms with Crippen molar-refractivity contribution in [1.29, 1.82) is 0 Å².